The van der Waals surface area contributed by atoms with Crippen LogP contribution in [0.3, 0.4) is 0 Å². The quantitative estimate of drug-likeness (QED) is 0.557. The van der Waals surface area contributed by atoms with Crippen LogP contribution in [0.4, 0.5) is 0 Å². The van der Waals surface area contributed by atoms with Crippen LogP contribution in [-0.2, 0) is 19.1 Å². The van der Waals surface area contributed by atoms with Crippen molar-refractivity contribution in [2.75, 3.05) is 33.9 Å². The van der Waals surface area contributed by atoms with E-state index in [2.05, 4.69) is 9.64 Å². The number of rotatable bonds is 4. The molecular formula is C13H21NO4. The molecule has 0 aromatic rings. The molecule has 0 aliphatic carbocycles. The Bertz CT molecular complexity index is 343. The van der Waals surface area contributed by atoms with Crippen molar-refractivity contribution in [3.05, 3.63) is 11.1 Å². The van der Waals surface area contributed by atoms with Crippen molar-refractivity contribution in [3.63, 3.8) is 0 Å². The van der Waals surface area contributed by atoms with Gasteiger partial charge < -0.3 is 9.47 Å². The number of hydrogen-bond acceptors (Lipinski definition) is 5. The molecule has 0 N–H and O–H groups in total. The van der Waals surface area contributed by atoms with Crippen LogP contribution in [0, 0.1) is 0 Å². The summed E-state index contributed by atoms with van der Waals surface area (Å²) >= 11 is 0. The normalized spacial score (nSPS) is 17.9. The fourth-order valence-corrected chi connectivity index (χ4v) is 2.08. The zero-order valence-corrected chi connectivity index (χ0v) is 11.3. The third-order valence-electron chi connectivity index (χ3n) is 3.21. The summed E-state index contributed by atoms with van der Waals surface area (Å²) in [5.41, 5.74) is 0.723. The first-order chi connectivity index (χ1) is 8.60. The second-order valence-electron chi connectivity index (χ2n) is 4.42. The van der Waals surface area contributed by atoms with Crippen LogP contribution in [0.1, 0.15) is 26.2 Å². The van der Waals surface area contributed by atoms with E-state index in [1.54, 1.807) is 6.92 Å². The van der Waals surface area contributed by atoms with Gasteiger partial charge >= 0.3 is 11.9 Å². The van der Waals surface area contributed by atoms with Gasteiger partial charge in [0.2, 0.25) is 0 Å². The van der Waals surface area contributed by atoms with Crippen molar-refractivity contribution in [2.24, 2.45) is 0 Å². The molecule has 0 aromatic heterocycles. The molecule has 1 aliphatic heterocycles. The van der Waals surface area contributed by atoms with Crippen LogP contribution in [0.2, 0.25) is 0 Å². The van der Waals surface area contributed by atoms with Crippen LogP contribution >= 0.6 is 0 Å². The van der Waals surface area contributed by atoms with E-state index in [-0.39, 0.29) is 0 Å². The summed E-state index contributed by atoms with van der Waals surface area (Å²) in [6, 6.07) is 0. The highest BCUT2D eigenvalue weighted by atomic mass is 16.5. The molecule has 5 heteroatoms. The van der Waals surface area contributed by atoms with Gasteiger partial charge in [-0.1, -0.05) is 6.42 Å². The zero-order valence-electron chi connectivity index (χ0n) is 11.3. The SMILES string of the molecule is COC(=O)/C(C)=C(/CN1CCCCC1)C(=O)OC. The molecule has 18 heavy (non-hydrogen) atoms. The van der Waals surface area contributed by atoms with Crippen LogP contribution in [-0.4, -0.2) is 50.7 Å². The molecule has 0 spiro atoms. The summed E-state index contributed by atoms with van der Waals surface area (Å²) in [5.74, 6) is -0.934. The topological polar surface area (TPSA) is 55.8 Å². The lowest BCUT2D eigenvalue weighted by Gasteiger charge is -2.27. The van der Waals surface area contributed by atoms with Gasteiger partial charge in [0.1, 0.15) is 0 Å². The van der Waals surface area contributed by atoms with E-state index >= 15 is 0 Å². The molecule has 0 bridgehead atoms. The van der Waals surface area contributed by atoms with Crippen LogP contribution in [0.25, 0.3) is 0 Å². The molecule has 0 unspecified atom stereocenters. The second kappa shape index (κ2) is 7.16. The third kappa shape index (κ3) is 3.84. The van der Waals surface area contributed by atoms with Crippen molar-refractivity contribution in [1.29, 1.82) is 0 Å². The first kappa shape index (κ1) is 14.7. The van der Waals surface area contributed by atoms with Gasteiger partial charge in [-0.2, -0.15) is 0 Å². The molecule has 1 aliphatic rings. The Balaban J connectivity index is 2.84. The zero-order chi connectivity index (χ0) is 13.5. The molecule has 0 atom stereocenters. The summed E-state index contributed by atoms with van der Waals surface area (Å²) in [6.07, 6.45) is 3.49. The summed E-state index contributed by atoms with van der Waals surface area (Å²) < 4.78 is 9.39. The Hall–Kier alpha value is -1.36. The Labute approximate surface area is 108 Å². The third-order valence-corrected chi connectivity index (χ3v) is 3.21. The molecule has 1 fully saturated rings. The summed E-state index contributed by atoms with van der Waals surface area (Å²) in [7, 11) is 2.63. The van der Waals surface area contributed by atoms with Gasteiger partial charge in [-0.05, 0) is 32.9 Å². The molecule has 0 aromatic carbocycles. The fourth-order valence-electron chi connectivity index (χ4n) is 2.08. The number of piperidine rings is 1. The van der Waals surface area contributed by atoms with Gasteiger partial charge in [0.15, 0.2) is 0 Å². The molecule has 0 radical (unpaired) electrons. The number of methoxy groups -OCH3 is 2. The van der Waals surface area contributed by atoms with E-state index in [1.807, 2.05) is 0 Å². The van der Waals surface area contributed by atoms with Crippen molar-refractivity contribution < 1.29 is 19.1 Å². The standard InChI is InChI=1S/C13H21NO4/c1-10(12(15)17-2)11(13(16)18-3)9-14-7-5-4-6-8-14/h4-9H2,1-3H3/b11-10-. The van der Waals surface area contributed by atoms with Crippen LogP contribution in [0.15, 0.2) is 11.1 Å². The van der Waals surface area contributed by atoms with Gasteiger partial charge in [0.05, 0.1) is 19.8 Å². The molecule has 102 valence electrons. The van der Waals surface area contributed by atoms with E-state index in [1.165, 1.54) is 20.6 Å². The lowest BCUT2D eigenvalue weighted by Crippen LogP contribution is -2.34. The largest absolute Gasteiger partial charge is 0.466 e. The van der Waals surface area contributed by atoms with Crippen LogP contribution in [0.5, 0.6) is 0 Å². The van der Waals surface area contributed by atoms with Gasteiger partial charge in [-0.15, -0.1) is 0 Å². The maximum absolute atomic E-state index is 11.7. The van der Waals surface area contributed by atoms with Gasteiger partial charge in [-0.25, -0.2) is 9.59 Å². The van der Waals surface area contributed by atoms with Crippen molar-refractivity contribution in [3.8, 4) is 0 Å². The van der Waals surface area contributed by atoms with Crippen molar-refractivity contribution in [1.82, 2.24) is 4.90 Å². The highest BCUT2D eigenvalue weighted by Gasteiger charge is 2.22. The molecule has 1 heterocycles. The summed E-state index contributed by atoms with van der Waals surface area (Å²) in [4.78, 5) is 25.4. The summed E-state index contributed by atoms with van der Waals surface area (Å²) in [5, 5.41) is 0. The number of likely N-dealkylation sites (tertiary alicyclic amines) is 1. The summed E-state index contributed by atoms with van der Waals surface area (Å²) in [6.45, 7) is 3.96. The lowest BCUT2D eigenvalue weighted by molar-refractivity contribution is -0.139. The molecule has 0 amide bonds. The number of carbonyl (C=O) groups excluding carboxylic acids is 2. The van der Waals surface area contributed by atoms with Crippen molar-refractivity contribution in [2.45, 2.75) is 26.2 Å². The molecule has 5 nitrogen and oxygen atoms in total. The molecule has 1 saturated heterocycles. The monoisotopic (exact) mass is 255 g/mol. The number of ether oxygens (including phenoxy) is 2. The minimum absolute atomic E-state index is 0.329. The fraction of sp³-hybridized carbons (Fsp3) is 0.692. The second-order valence-corrected chi connectivity index (χ2v) is 4.42. The molecule has 1 rings (SSSR count). The Kier molecular flexibility index (Phi) is 5.85. The molecule has 0 saturated carbocycles. The van der Waals surface area contributed by atoms with E-state index in [4.69, 9.17) is 4.74 Å². The first-order valence-corrected chi connectivity index (χ1v) is 6.19. The predicted molar refractivity (Wildman–Crippen MR) is 67.0 cm³/mol. The lowest BCUT2D eigenvalue weighted by atomic mass is 10.1. The minimum Gasteiger partial charge on any atom is -0.466 e. The highest BCUT2D eigenvalue weighted by Crippen LogP contribution is 2.15. The minimum atomic E-state index is -0.479. The average Bonchev–Trinajstić information content (AvgIpc) is 2.43. The number of hydrogen-bond donors (Lipinski definition) is 0. The van der Waals surface area contributed by atoms with Gasteiger partial charge in [-0.3, -0.25) is 4.90 Å². The van der Waals surface area contributed by atoms with Gasteiger partial charge in [0.25, 0.3) is 0 Å². The van der Waals surface area contributed by atoms with Gasteiger partial charge in [0, 0.05) is 12.1 Å². The smallest absolute Gasteiger partial charge is 0.335 e. The maximum atomic E-state index is 11.7. The van der Waals surface area contributed by atoms with Crippen molar-refractivity contribution >= 4 is 11.9 Å². The van der Waals surface area contributed by atoms with Crippen LogP contribution < -0.4 is 0 Å². The van der Waals surface area contributed by atoms with E-state index in [0.29, 0.717) is 17.7 Å². The average molecular weight is 255 g/mol. The van der Waals surface area contributed by atoms with E-state index in [0.717, 1.165) is 25.9 Å². The Morgan fingerprint density at radius 1 is 1.00 bits per heavy atom. The number of nitrogens with zero attached hydrogens (tertiary/aromatic N) is 1. The highest BCUT2D eigenvalue weighted by molar-refractivity contribution is 6.00. The number of esters is 2. The Morgan fingerprint density at radius 3 is 2.06 bits per heavy atom. The van der Waals surface area contributed by atoms with E-state index < -0.39 is 11.9 Å². The van der Waals surface area contributed by atoms with E-state index in [9.17, 15) is 9.59 Å². The first-order valence-electron chi connectivity index (χ1n) is 6.19. The maximum Gasteiger partial charge on any atom is 0.335 e. The number of carbonyl (C=O) groups is 2. The Morgan fingerprint density at radius 2 is 1.56 bits per heavy atom. The molecular weight excluding hydrogens is 234 g/mol. The predicted octanol–water partition coefficient (Wildman–Crippen LogP) is 1.13.